The van der Waals surface area contributed by atoms with Crippen LogP contribution in [0.25, 0.3) is 16.8 Å². The molecule has 4 heterocycles. The van der Waals surface area contributed by atoms with Crippen molar-refractivity contribution in [3.63, 3.8) is 0 Å². The predicted octanol–water partition coefficient (Wildman–Crippen LogP) is 3.98. The van der Waals surface area contributed by atoms with Crippen molar-refractivity contribution < 1.29 is 31.5 Å². The molecular formula is C27H24F5N7O2. The molecule has 214 valence electrons. The van der Waals surface area contributed by atoms with Crippen molar-refractivity contribution in [2.75, 3.05) is 25.9 Å². The third-order valence-corrected chi connectivity index (χ3v) is 7.66. The molecule has 1 fully saturated rings. The van der Waals surface area contributed by atoms with Crippen LogP contribution in [0.3, 0.4) is 0 Å². The smallest absolute Gasteiger partial charge is 0.418 e. The van der Waals surface area contributed by atoms with Gasteiger partial charge in [-0.25, -0.2) is 23.3 Å². The fraction of sp³-hybridized carbons (Fsp3) is 0.333. The lowest BCUT2D eigenvalue weighted by atomic mass is 10.1. The summed E-state index contributed by atoms with van der Waals surface area (Å²) in [5, 5.41) is 6.60. The summed E-state index contributed by atoms with van der Waals surface area (Å²) in [4.78, 5) is 23.0. The van der Waals surface area contributed by atoms with Gasteiger partial charge in [-0.15, -0.1) is 0 Å². The number of hydrogen-bond acceptors (Lipinski definition) is 7. The van der Waals surface area contributed by atoms with Gasteiger partial charge in [-0.3, -0.25) is 9.69 Å². The number of aryl methyl sites for hydroxylation is 1. The number of halogens is 5. The molecule has 6 rings (SSSR count). The Kier molecular flexibility index (Phi) is 6.52. The van der Waals surface area contributed by atoms with Crippen molar-refractivity contribution in [1.82, 2.24) is 29.8 Å². The number of nitrogens with two attached hydrogens (primary N) is 1. The zero-order chi connectivity index (χ0) is 29.1. The Hall–Kier alpha value is -4.33. The van der Waals surface area contributed by atoms with E-state index in [1.165, 1.54) is 31.5 Å². The normalized spacial score (nSPS) is 20.9. The van der Waals surface area contributed by atoms with Crippen molar-refractivity contribution in [1.29, 1.82) is 0 Å². The highest BCUT2D eigenvalue weighted by Crippen LogP contribution is 2.40. The van der Waals surface area contributed by atoms with Gasteiger partial charge in [0.2, 0.25) is 5.88 Å². The van der Waals surface area contributed by atoms with Crippen LogP contribution in [0.15, 0.2) is 42.9 Å². The van der Waals surface area contributed by atoms with Crippen LogP contribution in [-0.2, 0) is 12.6 Å². The molecule has 1 amide bonds. The number of aromatic nitrogens is 4. The van der Waals surface area contributed by atoms with E-state index < -0.39 is 35.4 Å². The maximum absolute atomic E-state index is 15.2. The summed E-state index contributed by atoms with van der Waals surface area (Å²) in [6.45, 7) is 0.246. The molecule has 0 spiro atoms. The minimum Gasteiger partial charge on any atom is -0.480 e. The largest absolute Gasteiger partial charge is 0.480 e. The van der Waals surface area contributed by atoms with E-state index in [4.69, 9.17) is 10.5 Å². The highest BCUT2D eigenvalue weighted by atomic mass is 19.4. The van der Waals surface area contributed by atoms with Gasteiger partial charge in [0.15, 0.2) is 5.82 Å². The molecule has 1 unspecified atom stereocenters. The number of nitrogens with zero attached hydrogens (tertiary/aromatic N) is 5. The Morgan fingerprint density at radius 2 is 1.98 bits per heavy atom. The van der Waals surface area contributed by atoms with E-state index in [9.17, 15) is 22.4 Å². The maximum atomic E-state index is 15.2. The van der Waals surface area contributed by atoms with Crippen LogP contribution in [0.4, 0.5) is 27.8 Å². The Bertz CT molecular complexity index is 1660. The van der Waals surface area contributed by atoms with Gasteiger partial charge in [-0.2, -0.15) is 18.3 Å². The summed E-state index contributed by atoms with van der Waals surface area (Å²) in [5.41, 5.74) is 6.08. The highest BCUT2D eigenvalue weighted by Gasteiger charge is 2.40. The Balaban J connectivity index is 1.28. The molecule has 3 atom stereocenters. The Morgan fingerprint density at radius 1 is 1.17 bits per heavy atom. The number of nitrogen functional groups attached to an aromatic ring is 1. The average molecular weight is 574 g/mol. The third-order valence-electron chi connectivity index (χ3n) is 7.66. The van der Waals surface area contributed by atoms with Gasteiger partial charge in [0.05, 0.1) is 24.4 Å². The van der Waals surface area contributed by atoms with Gasteiger partial charge in [0.1, 0.15) is 29.4 Å². The van der Waals surface area contributed by atoms with E-state index >= 15 is 4.39 Å². The molecule has 4 aromatic rings. The van der Waals surface area contributed by atoms with Crippen molar-refractivity contribution >= 4 is 17.2 Å². The minimum absolute atomic E-state index is 0.0341. The van der Waals surface area contributed by atoms with Crippen LogP contribution in [0.2, 0.25) is 0 Å². The first-order valence-corrected chi connectivity index (χ1v) is 12.8. The third kappa shape index (κ3) is 4.71. The number of amides is 1. The fourth-order valence-electron chi connectivity index (χ4n) is 5.77. The van der Waals surface area contributed by atoms with E-state index in [1.54, 1.807) is 6.07 Å². The monoisotopic (exact) mass is 573 g/mol. The van der Waals surface area contributed by atoms with Crippen LogP contribution in [-0.4, -0.2) is 62.8 Å². The summed E-state index contributed by atoms with van der Waals surface area (Å²) in [7, 11) is 1.28. The van der Waals surface area contributed by atoms with Gasteiger partial charge in [-0.1, -0.05) is 6.07 Å². The molecule has 0 bridgehead atoms. The lowest BCUT2D eigenvalue weighted by Gasteiger charge is -2.24. The minimum atomic E-state index is -4.75. The number of benzene rings is 1. The molecule has 14 heteroatoms. The molecule has 0 radical (unpaired) electrons. The van der Waals surface area contributed by atoms with Crippen LogP contribution >= 0.6 is 0 Å². The van der Waals surface area contributed by atoms with Crippen molar-refractivity contribution in [2.45, 2.75) is 37.3 Å². The van der Waals surface area contributed by atoms with Crippen LogP contribution in [0.5, 0.6) is 5.88 Å². The number of likely N-dealkylation sites (tertiary alicyclic amines) is 1. The number of pyridine rings is 1. The second-order valence-electron chi connectivity index (χ2n) is 10.1. The molecule has 3 N–H and O–H groups in total. The van der Waals surface area contributed by atoms with Crippen molar-refractivity contribution in [3.8, 4) is 17.1 Å². The molecule has 0 saturated carbocycles. The van der Waals surface area contributed by atoms with Crippen LogP contribution in [0, 0.1) is 5.82 Å². The summed E-state index contributed by atoms with van der Waals surface area (Å²) in [6, 6.07) is 5.72. The van der Waals surface area contributed by atoms with E-state index in [-0.39, 0.29) is 53.5 Å². The number of rotatable bonds is 5. The second-order valence-corrected chi connectivity index (χ2v) is 10.1. The SMILES string of the molecule is COc1ncc(-c2cc(C(F)(F)F)c3c(N)ncnn23)cc1C(=O)N[C@@H]1CN(C2CCc3ccc(F)cc32)C[C@@H]1F. The first-order chi connectivity index (χ1) is 19.5. The number of alkyl halides is 4. The van der Waals surface area contributed by atoms with Gasteiger partial charge in [0.25, 0.3) is 5.91 Å². The molecular weight excluding hydrogens is 549 g/mol. The summed E-state index contributed by atoms with van der Waals surface area (Å²) in [6.07, 6.45) is -2.43. The fourth-order valence-corrected chi connectivity index (χ4v) is 5.77. The summed E-state index contributed by atoms with van der Waals surface area (Å²) >= 11 is 0. The number of ether oxygens (including phenoxy) is 1. The maximum Gasteiger partial charge on any atom is 0.418 e. The van der Waals surface area contributed by atoms with Crippen molar-refractivity contribution in [3.05, 3.63) is 70.9 Å². The van der Waals surface area contributed by atoms with Gasteiger partial charge in [-0.05, 0) is 48.2 Å². The number of fused-ring (bicyclic) bond motifs is 2. The zero-order valence-corrected chi connectivity index (χ0v) is 21.6. The highest BCUT2D eigenvalue weighted by molar-refractivity contribution is 5.98. The zero-order valence-electron chi connectivity index (χ0n) is 21.6. The first kappa shape index (κ1) is 26.9. The van der Waals surface area contributed by atoms with E-state index in [1.807, 2.05) is 4.90 Å². The molecule has 3 aromatic heterocycles. The second kappa shape index (κ2) is 9.94. The molecule has 1 saturated heterocycles. The number of hydrogen-bond donors (Lipinski definition) is 2. The molecule has 9 nitrogen and oxygen atoms in total. The Morgan fingerprint density at radius 3 is 2.73 bits per heavy atom. The van der Waals surface area contributed by atoms with Crippen molar-refractivity contribution in [2.24, 2.45) is 0 Å². The molecule has 1 aromatic carbocycles. The number of carbonyl (C=O) groups is 1. The molecule has 41 heavy (non-hydrogen) atoms. The lowest BCUT2D eigenvalue weighted by molar-refractivity contribution is -0.136. The topological polar surface area (TPSA) is 111 Å². The number of anilines is 1. The molecule has 2 aliphatic rings. The first-order valence-electron chi connectivity index (χ1n) is 12.8. The quantitative estimate of drug-likeness (QED) is 0.348. The Labute approximate surface area is 230 Å². The summed E-state index contributed by atoms with van der Waals surface area (Å²) in [5.74, 6) is -1.54. The van der Waals surface area contributed by atoms with E-state index in [2.05, 4.69) is 20.4 Å². The van der Waals surface area contributed by atoms with Gasteiger partial charge in [0, 0.05) is 30.9 Å². The summed E-state index contributed by atoms with van der Waals surface area (Å²) < 4.78 is 76.6. The molecule has 1 aliphatic carbocycles. The standard InChI is InChI=1S/C27H24F5N7O2/c1-41-26-17(6-14(9-34-26)22-8-18(27(30,31)32)23-24(33)35-12-36-39(22)23)25(40)37-20-11-38(10-19(20)29)21-5-3-13-2-4-15(28)7-16(13)21/h2,4,6-9,12,19-21H,3,5,10-11H2,1H3,(H,37,40)(H2,33,35,36)/t19-,20+,21?/m0/s1. The van der Waals surface area contributed by atoms with Crippen LogP contribution < -0.4 is 15.8 Å². The van der Waals surface area contributed by atoms with E-state index in [0.717, 1.165) is 34.5 Å². The number of methoxy groups -OCH3 is 1. The predicted molar refractivity (Wildman–Crippen MR) is 137 cm³/mol. The van der Waals surface area contributed by atoms with Gasteiger partial charge >= 0.3 is 6.18 Å². The average Bonchev–Trinajstić information content (AvgIpc) is 3.63. The van der Waals surface area contributed by atoms with Gasteiger partial charge < -0.3 is 15.8 Å². The number of nitrogens with one attached hydrogen (secondary N) is 1. The van der Waals surface area contributed by atoms with E-state index in [0.29, 0.717) is 6.42 Å². The number of carbonyl (C=O) groups excluding carboxylic acids is 1. The lowest BCUT2D eigenvalue weighted by Crippen LogP contribution is -2.41. The van der Waals surface area contributed by atoms with Crippen LogP contribution in [0.1, 0.15) is 39.5 Å². The molecule has 1 aliphatic heterocycles.